The van der Waals surface area contributed by atoms with Crippen LogP contribution in [-0.2, 0) is 21.9 Å². The highest BCUT2D eigenvalue weighted by Gasteiger charge is 2.30. The second-order valence-corrected chi connectivity index (χ2v) is 9.58. The molecule has 0 N–H and O–H groups in total. The predicted octanol–water partition coefficient (Wildman–Crippen LogP) is 1.66. The van der Waals surface area contributed by atoms with Crippen LogP contribution < -0.4 is 9.54 Å². The number of carbonyl (C=O) groups excluding carboxylic acids is 1. The third kappa shape index (κ3) is 3.56. The molecule has 0 bridgehead atoms. The number of aromatic nitrogens is 1. The molecule has 3 rings (SSSR count). The highest BCUT2D eigenvalue weighted by atomic mass is 32.2. The molecule has 2 aromatic rings. The van der Waals surface area contributed by atoms with Crippen molar-refractivity contribution < 1.29 is 17.9 Å². The predicted molar refractivity (Wildman–Crippen MR) is 102 cm³/mol. The van der Waals surface area contributed by atoms with Gasteiger partial charge in [0.15, 0.2) is 4.80 Å². The Balaban J connectivity index is 1.98. The SMILES string of the molecule is COc1ccc(C)c2sc(=NC(=O)[C@H]3CCCN(S(C)(=O)=O)C3)n(C)c12. The number of hydrogen-bond donors (Lipinski definition) is 0. The van der Waals surface area contributed by atoms with Crippen LogP contribution in [0.15, 0.2) is 17.1 Å². The molecule has 1 amide bonds. The summed E-state index contributed by atoms with van der Waals surface area (Å²) in [6.45, 7) is 2.68. The van der Waals surface area contributed by atoms with Crippen LogP contribution in [0.2, 0.25) is 0 Å². The van der Waals surface area contributed by atoms with Gasteiger partial charge in [-0.05, 0) is 31.4 Å². The molecule has 26 heavy (non-hydrogen) atoms. The van der Waals surface area contributed by atoms with E-state index in [1.54, 1.807) is 7.11 Å². The molecule has 7 nitrogen and oxygen atoms in total. The van der Waals surface area contributed by atoms with Gasteiger partial charge in [-0.15, -0.1) is 0 Å². The third-order valence-corrected chi connectivity index (χ3v) is 7.27. The number of carbonyl (C=O) groups is 1. The molecule has 9 heteroatoms. The van der Waals surface area contributed by atoms with Gasteiger partial charge in [0.2, 0.25) is 10.0 Å². The van der Waals surface area contributed by atoms with Crippen LogP contribution in [0, 0.1) is 12.8 Å². The largest absolute Gasteiger partial charge is 0.495 e. The first-order valence-corrected chi connectivity index (χ1v) is 11.1. The number of methoxy groups -OCH3 is 1. The lowest BCUT2D eigenvalue weighted by molar-refractivity contribution is -0.122. The minimum Gasteiger partial charge on any atom is -0.495 e. The molecule has 1 atom stereocenters. The Morgan fingerprint density at radius 3 is 2.77 bits per heavy atom. The molecule has 0 radical (unpaired) electrons. The first kappa shape index (κ1) is 19.1. The molecule has 0 spiro atoms. The fourth-order valence-electron chi connectivity index (χ4n) is 3.25. The zero-order valence-electron chi connectivity index (χ0n) is 15.4. The summed E-state index contributed by atoms with van der Waals surface area (Å²) >= 11 is 1.44. The maximum absolute atomic E-state index is 12.7. The fraction of sp³-hybridized carbons (Fsp3) is 0.529. The first-order valence-electron chi connectivity index (χ1n) is 8.39. The average molecular weight is 398 g/mol. The minimum atomic E-state index is -3.29. The Kier molecular flexibility index (Phi) is 5.23. The summed E-state index contributed by atoms with van der Waals surface area (Å²) in [7, 11) is 0.186. The molecule has 1 aromatic heterocycles. The number of sulfonamides is 1. The van der Waals surface area contributed by atoms with E-state index in [-0.39, 0.29) is 12.5 Å². The van der Waals surface area contributed by atoms with E-state index in [4.69, 9.17) is 4.74 Å². The summed E-state index contributed by atoms with van der Waals surface area (Å²) in [6.07, 6.45) is 2.51. The first-order chi connectivity index (χ1) is 12.2. The van der Waals surface area contributed by atoms with Crippen molar-refractivity contribution in [3.8, 4) is 5.75 Å². The highest BCUT2D eigenvalue weighted by molar-refractivity contribution is 7.88. The molecular weight excluding hydrogens is 374 g/mol. The van der Waals surface area contributed by atoms with Crippen LogP contribution in [0.5, 0.6) is 5.75 Å². The lowest BCUT2D eigenvalue weighted by atomic mass is 9.99. The van der Waals surface area contributed by atoms with Crippen molar-refractivity contribution in [1.29, 1.82) is 0 Å². The van der Waals surface area contributed by atoms with Crippen molar-refractivity contribution in [3.05, 3.63) is 22.5 Å². The Morgan fingerprint density at radius 2 is 2.12 bits per heavy atom. The number of aryl methyl sites for hydroxylation is 2. The number of hydrogen-bond acceptors (Lipinski definition) is 5. The van der Waals surface area contributed by atoms with E-state index in [2.05, 4.69) is 4.99 Å². The van der Waals surface area contributed by atoms with Crippen LogP contribution in [0.4, 0.5) is 0 Å². The number of benzene rings is 1. The molecule has 142 valence electrons. The van der Waals surface area contributed by atoms with Crippen LogP contribution >= 0.6 is 11.3 Å². The van der Waals surface area contributed by atoms with Crippen LogP contribution in [0.3, 0.4) is 0 Å². The van der Waals surface area contributed by atoms with E-state index in [1.165, 1.54) is 21.9 Å². The maximum Gasteiger partial charge on any atom is 0.252 e. The molecule has 0 aliphatic carbocycles. The Labute approximate surface area is 157 Å². The number of fused-ring (bicyclic) bond motifs is 1. The number of thiazole rings is 1. The minimum absolute atomic E-state index is 0.206. The summed E-state index contributed by atoms with van der Waals surface area (Å²) in [5.74, 6) is 0.0722. The highest BCUT2D eigenvalue weighted by Crippen LogP contribution is 2.29. The number of amides is 1. The monoisotopic (exact) mass is 397 g/mol. The summed E-state index contributed by atoms with van der Waals surface area (Å²) in [6, 6.07) is 3.88. The Morgan fingerprint density at radius 1 is 1.38 bits per heavy atom. The molecule has 1 aliphatic rings. The van der Waals surface area contributed by atoms with Crippen LogP contribution in [-0.4, -0.2) is 49.7 Å². The smallest absolute Gasteiger partial charge is 0.252 e. The summed E-state index contributed by atoms with van der Waals surface area (Å²) < 4.78 is 33.2. The van der Waals surface area contributed by atoms with Crippen molar-refractivity contribution in [1.82, 2.24) is 8.87 Å². The molecule has 1 aliphatic heterocycles. The molecule has 1 aromatic carbocycles. The fourth-order valence-corrected chi connectivity index (χ4v) is 5.27. The van der Waals surface area contributed by atoms with Gasteiger partial charge in [-0.25, -0.2) is 12.7 Å². The van der Waals surface area contributed by atoms with Gasteiger partial charge in [0.25, 0.3) is 5.91 Å². The molecular formula is C17H23N3O4S2. The van der Waals surface area contributed by atoms with Gasteiger partial charge < -0.3 is 9.30 Å². The van der Waals surface area contributed by atoms with Crippen molar-refractivity contribution >= 4 is 37.5 Å². The van der Waals surface area contributed by atoms with Gasteiger partial charge in [-0.1, -0.05) is 17.4 Å². The van der Waals surface area contributed by atoms with Crippen molar-refractivity contribution in [2.45, 2.75) is 19.8 Å². The van der Waals surface area contributed by atoms with E-state index in [0.717, 1.165) is 21.5 Å². The van der Waals surface area contributed by atoms with Gasteiger partial charge in [0.05, 0.1) is 24.0 Å². The molecule has 2 heterocycles. The molecule has 1 fully saturated rings. The Bertz CT molecular complexity index is 1020. The second kappa shape index (κ2) is 7.13. The Hall–Kier alpha value is -1.71. The molecule has 1 saturated heterocycles. The quantitative estimate of drug-likeness (QED) is 0.789. The standard InChI is InChI=1S/C17H23N3O4S2/c1-11-7-8-13(24-3)14-15(11)25-17(19(14)2)18-16(21)12-6-5-9-20(10-12)26(4,22)23/h7-8,12H,5-6,9-10H2,1-4H3/t12-/m0/s1. The average Bonchev–Trinajstić information content (AvgIpc) is 2.93. The van der Waals surface area contributed by atoms with Gasteiger partial charge in [0.1, 0.15) is 11.3 Å². The third-order valence-electron chi connectivity index (χ3n) is 4.74. The lowest BCUT2D eigenvalue weighted by Crippen LogP contribution is -2.41. The normalized spacial score (nSPS) is 19.8. The van der Waals surface area contributed by atoms with Gasteiger partial charge in [-0.3, -0.25) is 4.79 Å². The number of rotatable bonds is 3. The zero-order chi connectivity index (χ0) is 19.1. The van der Waals surface area contributed by atoms with E-state index in [9.17, 15) is 13.2 Å². The summed E-state index contributed by atoms with van der Waals surface area (Å²) in [4.78, 5) is 17.6. The van der Waals surface area contributed by atoms with E-state index < -0.39 is 15.9 Å². The van der Waals surface area contributed by atoms with E-state index >= 15 is 0 Å². The van der Waals surface area contributed by atoms with Gasteiger partial charge in [0, 0.05) is 20.1 Å². The van der Waals surface area contributed by atoms with E-state index in [1.807, 2.05) is 30.7 Å². The lowest BCUT2D eigenvalue weighted by Gasteiger charge is -2.28. The van der Waals surface area contributed by atoms with Gasteiger partial charge in [-0.2, -0.15) is 4.99 Å². The maximum atomic E-state index is 12.7. The van der Waals surface area contributed by atoms with Crippen LogP contribution in [0.25, 0.3) is 10.2 Å². The number of ether oxygens (including phenoxy) is 1. The van der Waals surface area contributed by atoms with Crippen molar-refractivity contribution in [2.75, 3.05) is 26.5 Å². The second-order valence-electron chi connectivity index (χ2n) is 6.62. The van der Waals surface area contributed by atoms with Crippen molar-refractivity contribution in [2.24, 2.45) is 18.0 Å². The van der Waals surface area contributed by atoms with Crippen LogP contribution in [0.1, 0.15) is 18.4 Å². The topological polar surface area (TPSA) is 81.0 Å². The summed E-state index contributed by atoms with van der Waals surface area (Å²) in [5, 5.41) is 0. The summed E-state index contributed by atoms with van der Waals surface area (Å²) in [5.41, 5.74) is 2.00. The van der Waals surface area contributed by atoms with Gasteiger partial charge >= 0.3 is 0 Å². The molecule has 0 unspecified atom stereocenters. The molecule has 0 saturated carbocycles. The van der Waals surface area contributed by atoms with E-state index in [0.29, 0.717) is 24.2 Å². The number of piperidine rings is 1. The number of nitrogens with zero attached hydrogens (tertiary/aromatic N) is 3. The van der Waals surface area contributed by atoms with Crippen molar-refractivity contribution in [3.63, 3.8) is 0 Å². The zero-order valence-corrected chi connectivity index (χ0v) is 17.0.